The number of carbonyl (C=O) groups excluding carboxylic acids is 10. The molecule has 0 spiro atoms. The molecule has 3 atom stereocenters. The maximum atomic E-state index is 14.0. The second kappa shape index (κ2) is 43.2. The van der Waals surface area contributed by atoms with Crippen LogP contribution in [0.25, 0.3) is 6.08 Å². The van der Waals surface area contributed by atoms with Gasteiger partial charge < -0.3 is 29.0 Å². The Kier molecular flexibility index (Phi) is 34.7. The Morgan fingerprint density at radius 1 is 0.434 bits per heavy atom. The van der Waals surface area contributed by atoms with E-state index in [9.17, 15) is 134 Å². The number of nitrogens with one attached hydrogen (secondary N) is 1. The van der Waals surface area contributed by atoms with Crippen molar-refractivity contribution in [2.24, 2.45) is 15.0 Å². The average Bonchev–Trinajstić information content (AvgIpc) is 0.760. The van der Waals surface area contributed by atoms with Crippen LogP contribution in [0.4, 0.5) is 86.8 Å². The summed E-state index contributed by atoms with van der Waals surface area (Å²) >= 11 is 0. The molecule has 27 nitrogen and oxygen atoms in total. The third-order valence-corrected chi connectivity index (χ3v) is 16.3. The Balaban J connectivity index is 0.000000277. The van der Waals surface area contributed by atoms with E-state index in [4.69, 9.17) is 23.7 Å². The van der Waals surface area contributed by atoms with Crippen LogP contribution in [0.2, 0.25) is 0 Å². The number of hydrogen-bond acceptors (Lipinski definition) is 23. The molecule has 3 aliphatic rings. The minimum Gasteiger partial charge on any atom is -0.468 e. The van der Waals surface area contributed by atoms with Crippen LogP contribution in [0.15, 0.2) is 164 Å². The number of nitro groups is 2. The number of hydrogen-bond donors (Lipinski definition) is 1. The normalized spacial score (nSPS) is 14.4. The van der Waals surface area contributed by atoms with Crippen LogP contribution < -0.4 is 14.8 Å². The van der Waals surface area contributed by atoms with Crippen molar-refractivity contribution in [3.63, 3.8) is 0 Å². The molecule has 644 valence electrons. The predicted molar refractivity (Wildman–Crippen MR) is 399 cm³/mol. The largest absolute Gasteiger partial charge is 0.468 e. The van der Waals surface area contributed by atoms with Gasteiger partial charge in [0.05, 0.1) is 54.6 Å². The minimum absolute atomic E-state index is 0.0343. The summed E-state index contributed by atoms with van der Waals surface area (Å²) in [7, 11) is 3.70. The summed E-state index contributed by atoms with van der Waals surface area (Å²) in [6.45, 7) is 13.2. The number of rotatable bonds is 16. The first-order valence-corrected chi connectivity index (χ1v) is 34.2. The van der Waals surface area contributed by atoms with E-state index in [0.29, 0.717) is 54.2 Å². The molecule has 0 saturated heterocycles. The number of allylic oxidation sites excluding steroid dienone is 4. The first-order valence-electron chi connectivity index (χ1n) is 34.2. The van der Waals surface area contributed by atoms with Crippen molar-refractivity contribution in [2.45, 2.75) is 93.8 Å². The highest BCUT2D eigenvalue weighted by Gasteiger charge is 2.43. The van der Waals surface area contributed by atoms with Gasteiger partial charge in [-0.15, -0.1) is 0 Å². The first-order chi connectivity index (χ1) is 57.0. The van der Waals surface area contributed by atoms with Gasteiger partial charge in [0, 0.05) is 52.2 Å². The highest BCUT2D eigenvalue weighted by Crippen LogP contribution is 2.41. The quantitative estimate of drug-likeness (QED) is 0.0137. The summed E-state index contributed by atoms with van der Waals surface area (Å²) in [5.74, 6) is -25.2. The molecule has 7 aromatic rings. The van der Waals surface area contributed by atoms with Crippen molar-refractivity contribution < 1.29 is 147 Å². The van der Waals surface area contributed by atoms with E-state index in [-0.39, 0.29) is 132 Å². The van der Waals surface area contributed by atoms with Crippen LogP contribution in [-0.2, 0) is 47.8 Å². The van der Waals surface area contributed by atoms with E-state index in [0.717, 1.165) is 104 Å². The molecule has 3 aliphatic heterocycles. The number of ketones is 7. The fourth-order valence-electron chi connectivity index (χ4n) is 11.1. The maximum absolute atomic E-state index is 14.0. The molecule has 3 unspecified atom stereocenters. The van der Waals surface area contributed by atoms with Gasteiger partial charge in [-0.05, 0) is 182 Å². The number of halogens is 15. The Morgan fingerprint density at radius 3 is 0.984 bits per heavy atom. The zero-order valence-corrected chi connectivity index (χ0v) is 65.5. The number of amidine groups is 3. The number of methoxy groups -OCH3 is 3. The molecule has 3 heterocycles. The summed E-state index contributed by atoms with van der Waals surface area (Å²) in [6.07, 6.45) is -1.00. The highest BCUT2D eigenvalue weighted by molar-refractivity contribution is 6.21. The van der Waals surface area contributed by atoms with Gasteiger partial charge in [0.15, 0.2) is 116 Å². The molecule has 10 rings (SSSR count). The number of nitro benzene ring substituents is 2. The van der Waals surface area contributed by atoms with Crippen LogP contribution in [0.5, 0.6) is 11.5 Å². The van der Waals surface area contributed by atoms with Gasteiger partial charge in [0.1, 0.15) is 47.5 Å². The zero-order valence-electron chi connectivity index (χ0n) is 65.5. The number of aldehydes is 1. The fourth-order valence-corrected chi connectivity index (χ4v) is 11.1. The maximum Gasteiger partial charge on any atom is 0.424 e. The molecule has 42 heteroatoms. The molecule has 2 amide bonds. The highest BCUT2D eigenvalue weighted by atomic mass is 19.2. The van der Waals surface area contributed by atoms with Crippen LogP contribution in [-0.4, -0.2) is 118 Å². The van der Waals surface area contributed by atoms with Crippen molar-refractivity contribution in [3.8, 4) is 11.5 Å². The van der Waals surface area contributed by atoms with Gasteiger partial charge in [-0.25, -0.2) is 100 Å². The van der Waals surface area contributed by atoms with Gasteiger partial charge in [-0.2, -0.15) is 0 Å². The number of nitrogens with zero attached hydrogens (tertiary/aromatic N) is 7. The van der Waals surface area contributed by atoms with Crippen molar-refractivity contribution in [2.75, 3.05) is 21.3 Å². The number of non-ortho nitro benzene ring substituents is 2. The molecule has 0 fully saturated rings. The molecule has 0 aliphatic carbocycles. The van der Waals surface area contributed by atoms with Crippen molar-refractivity contribution in [3.05, 3.63) is 284 Å². The minimum atomic E-state index is -1.72. The number of amides is 2. The summed E-state index contributed by atoms with van der Waals surface area (Å²) in [4.78, 5) is 149. The van der Waals surface area contributed by atoms with E-state index in [1.807, 2.05) is 0 Å². The lowest BCUT2D eigenvalue weighted by Crippen LogP contribution is -2.46. The van der Waals surface area contributed by atoms with Crippen molar-refractivity contribution in [1.82, 2.24) is 15.1 Å². The fraction of sp³-hybridized carbons (Fsp3) is 0.212. The molecular weight excluding hydrogens is 1660 g/mol. The van der Waals surface area contributed by atoms with Crippen LogP contribution in [0.1, 0.15) is 126 Å². The number of Topliss-reactive ketones (excluding diaryl/α,β-unsaturated/α-hetero) is 7. The number of carbonyl (C=O) groups is 10. The van der Waals surface area contributed by atoms with E-state index >= 15 is 0 Å². The monoisotopic (exact) mass is 1730 g/mol. The molecule has 0 aromatic heterocycles. The van der Waals surface area contributed by atoms with Crippen molar-refractivity contribution >= 4 is 94.5 Å². The second-order valence-corrected chi connectivity index (χ2v) is 25.2. The smallest absolute Gasteiger partial charge is 0.424 e. The van der Waals surface area contributed by atoms with Crippen LogP contribution in [0.3, 0.4) is 0 Å². The third kappa shape index (κ3) is 25.2. The lowest BCUT2D eigenvalue weighted by Gasteiger charge is -2.35. The second-order valence-electron chi connectivity index (χ2n) is 25.2. The number of aliphatic imine (C=N–C) groups is 3. The van der Waals surface area contributed by atoms with Gasteiger partial charge in [-0.1, -0.05) is 0 Å². The molecule has 0 saturated carbocycles. The Bertz CT molecular complexity index is 5270. The summed E-state index contributed by atoms with van der Waals surface area (Å²) in [6, 6.07) is 11.4. The number of ether oxygens (including phenoxy) is 5. The van der Waals surface area contributed by atoms with Gasteiger partial charge >= 0.3 is 24.2 Å². The summed E-state index contributed by atoms with van der Waals surface area (Å²) in [5, 5.41) is 24.4. The topological polar surface area (TPSA) is 359 Å². The SMILES string of the molecule is CC(=O)C(=Cc1cc(F)c(F)c(F)c1)C(C)=O.CC(=O)CC(C)=O.COC1=NC(C)=C(C(C)=O)C(c2cc(F)c(F)c(F)c2)N1C(=O)Oc1ccc([N+](=O)[O-])cc1.COC1=NC(C)=C(C(C)=O)C(c2cc(F)c(F)c(F)c2)N1C(=O)Oc1ccc([N+](=O)[O-])cc1.COC1=NC(c2cc(F)c(F)c(F)c2)C(C(C)=O)=C(C)N1.O=Cc1cc(F)c(F)c(F)c1. The Morgan fingerprint density at radius 2 is 0.730 bits per heavy atom. The van der Waals surface area contributed by atoms with Crippen LogP contribution >= 0.6 is 0 Å². The van der Waals surface area contributed by atoms with Gasteiger partial charge in [0.2, 0.25) is 0 Å². The van der Waals surface area contributed by atoms with Gasteiger partial charge in [-0.3, -0.25) is 58.6 Å². The average molecular weight is 1730 g/mol. The molecule has 7 aromatic carbocycles. The first kappa shape index (κ1) is 97.9. The molecule has 0 radical (unpaired) electrons. The van der Waals surface area contributed by atoms with Crippen molar-refractivity contribution in [1.29, 1.82) is 0 Å². The third-order valence-electron chi connectivity index (χ3n) is 16.3. The van der Waals surface area contributed by atoms with E-state index in [1.54, 1.807) is 6.92 Å². The lowest BCUT2D eigenvalue weighted by atomic mass is 9.92. The number of benzene rings is 7. The van der Waals surface area contributed by atoms with Gasteiger partial charge in [0.25, 0.3) is 17.4 Å². The molecular formula is C80H65F15N8O19. The summed E-state index contributed by atoms with van der Waals surface area (Å²) < 4.78 is 224. The Hall–Kier alpha value is -14.6. The molecule has 122 heavy (non-hydrogen) atoms. The predicted octanol–water partition coefficient (Wildman–Crippen LogP) is 16.6. The zero-order chi connectivity index (χ0) is 92.1. The Labute approximate surface area is 680 Å². The standard InChI is InChI=1S/2C21H16F3N3O6.C14H13F3N2O2.C12H9F3O2.C7H3F3O.C5H8O2/c2*1-10-17(11(2)28)19(12-8-15(22)18(24)16(23)9-12)26(20(25-10)32-3)21(29)33-14-6-4-13(5-7-14)27(30)31;1-6-11(7(2)20)13(19-14(18-6)21-3)8-4-9(15)12(17)10(16)5-8;1-6(16)9(7(2)17)3-8-4-10(13)12(15)11(14)5-8;8-5-1-4(3-11)2-6(9)7(5)10;1-4(6)3-5(2)7/h2*4-9,19H,1-3H3;4-5,13H,1-3H3,(H,18,19);3-5H,1-2H3;1-3H;3H2,1-2H3. The molecule has 1 N–H and O–H groups in total. The lowest BCUT2D eigenvalue weighted by molar-refractivity contribution is -0.385. The molecule has 0 bridgehead atoms. The van der Waals surface area contributed by atoms with Crippen LogP contribution in [0, 0.1) is 107 Å². The van der Waals surface area contributed by atoms with E-state index in [1.165, 1.54) is 55.9 Å². The van der Waals surface area contributed by atoms with E-state index in [2.05, 4.69) is 20.3 Å². The summed E-state index contributed by atoms with van der Waals surface area (Å²) in [5.41, 5.74) is -0.830. The van der Waals surface area contributed by atoms with E-state index < -0.39 is 151 Å².